The van der Waals surface area contributed by atoms with Gasteiger partial charge >= 0.3 is 0 Å². The quantitative estimate of drug-likeness (QED) is 0.920. The zero-order valence-corrected chi connectivity index (χ0v) is 14.1. The smallest absolute Gasteiger partial charge is 0.226 e. The van der Waals surface area contributed by atoms with E-state index >= 15 is 0 Å². The van der Waals surface area contributed by atoms with E-state index in [-0.39, 0.29) is 18.4 Å². The average molecular weight is 324 g/mol. The van der Waals surface area contributed by atoms with Crippen molar-refractivity contribution in [2.24, 2.45) is 17.8 Å². The third-order valence-electron chi connectivity index (χ3n) is 5.69. The van der Waals surface area contributed by atoms with Gasteiger partial charge in [-0.3, -0.25) is 4.79 Å². The fourth-order valence-corrected chi connectivity index (χ4v) is 4.54. The van der Waals surface area contributed by atoms with Crippen molar-refractivity contribution in [1.29, 1.82) is 0 Å². The van der Waals surface area contributed by atoms with Crippen LogP contribution in [-0.4, -0.2) is 26.9 Å². The van der Waals surface area contributed by atoms with Crippen LogP contribution in [0.1, 0.15) is 38.3 Å². The average Bonchev–Trinajstić information content (AvgIpc) is 3.32. The summed E-state index contributed by atoms with van der Waals surface area (Å²) < 4.78 is 0. The Morgan fingerprint density at radius 1 is 1.29 bits per heavy atom. The maximum absolute atomic E-state index is 12.3. The standard InChI is InChI=1S/C19H24N4O/c1-13(18-10-14-7-8-15(18)9-14)21-19(24)11-16-12-20-23(22-16)17-5-3-2-4-6-17/h2-6,12-15,18H,7-11H2,1H3,(H,21,24)/t13-,14+,15+,18+/m1/s1. The minimum atomic E-state index is 0.0467. The molecule has 0 saturated heterocycles. The molecule has 0 spiro atoms. The fraction of sp³-hybridized carbons (Fsp3) is 0.526. The summed E-state index contributed by atoms with van der Waals surface area (Å²) in [6.45, 7) is 2.16. The van der Waals surface area contributed by atoms with Crippen molar-refractivity contribution >= 4 is 5.91 Å². The minimum Gasteiger partial charge on any atom is -0.353 e. The Kier molecular flexibility index (Phi) is 4.08. The van der Waals surface area contributed by atoms with Crippen molar-refractivity contribution < 1.29 is 4.79 Å². The van der Waals surface area contributed by atoms with Crippen LogP contribution in [0, 0.1) is 17.8 Å². The molecule has 1 aromatic carbocycles. The van der Waals surface area contributed by atoms with E-state index in [0.29, 0.717) is 11.6 Å². The molecule has 126 valence electrons. The zero-order valence-electron chi connectivity index (χ0n) is 14.1. The lowest BCUT2D eigenvalue weighted by Crippen LogP contribution is -2.40. The van der Waals surface area contributed by atoms with Crippen LogP contribution in [0.25, 0.3) is 5.69 Å². The second kappa shape index (κ2) is 6.38. The summed E-state index contributed by atoms with van der Waals surface area (Å²) in [6, 6.07) is 10.0. The van der Waals surface area contributed by atoms with E-state index < -0.39 is 0 Å². The number of fused-ring (bicyclic) bond motifs is 2. The third kappa shape index (κ3) is 3.07. The van der Waals surface area contributed by atoms with Crippen molar-refractivity contribution in [2.45, 2.75) is 45.1 Å². The summed E-state index contributed by atoms with van der Waals surface area (Å²) in [7, 11) is 0. The molecule has 1 N–H and O–H groups in total. The first kappa shape index (κ1) is 15.4. The lowest BCUT2D eigenvalue weighted by Gasteiger charge is -2.28. The minimum absolute atomic E-state index is 0.0467. The molecule has 4 rings (SSSR count). The van der Waals surface area contributed by atoms with Gasteiger partial charge in [-0.15, -0.1) is 0 Å². The number of aromatic nitrogens is 3. The molecule has 5 nitrogen and oxygen atoms in total. The van der Waals surface area contributed by atoms with Crippen molar-refractivity contribution in [3.8, 4) is 5.69 Å². The van der Waals surface area contributed by atoms with E-state index in [1.807, 2.05) is 30.3 Å². The van der Waals surface area contributed by atoms with Crippen LogP contribution in [0.3, 0.4) is 0 Å². The highest BCUT2D eigenvalue weighted by atomic mass is 16.1. The molecule has 2 fully saturated rings. The van der Waals surface area contributed by atoms with E-state index in [1.165, 1.54) is 25.7 Å². The van der Waals surface area contributed by atoms with Gasteiger partial charge in [0.15, 0.2) is 0 Å². The summed E-state index contributed by atoms with van der Waals surface area (Å²) in [5, 5.41) is 11.8. The highest BCUT2D eigenvalue weighted by molar-refractivity contribution is 5.78. The third-order valence-corrected chi connectivity index (χ3v) is 5.69. The number of nitrogens with zero attached hydrogens (tertiary/aromatic N) is 3. The Labute approximate surface area is 142 Å². The Morgan fingerprint density at radius 2 is 2.12 bits per heavy atom. The highest BCUT2D eigenvalue weighted by Gasteiger charge is 2.42. The highest BCUT2D eigenvalue weighted by Crippen LogP contribution is 2.49. The Bertz CT molecular complexity index is 711. The van der Waals surface area contributed by atoms with Crippen LogP contribution in [0.5, 0.6) is 0 Å². The lowest BCUT2D eigenvalue weighted by atomic mass is 9.84. The SMILES string of the molecule is C[C@@H](NC(=O)Cc1cnn(-c2ccccc2)n1)[C@@H]1C[C@H]2CC[C@H]1C2. The first-order valence-electron chi connectivity index (χ1n) is 8.95. The normalized spacial score (nSPS) is 26.5. The van der Waals surface area contributed by atoms with Crippen LogP contribution in [0.15, 0.2) is 36.5 Å². The maximum atomic E-state index is 12.3. The van der Waals surface area contributed by atoms with Crippen molar-refractivity contribution in [3.63, 3.8) is 0 Å². The molecule has 24 heavy (non-hydrogen) atoms. The van der Waals surface area contributed by atoms with Crippen LogP contribution >= 0.6 is 0 Å². The molecule has 0 unspecified atom stereocenters. The molecule has 2 bridgehead atoms. The van der Waals surface area contributed by atoms with Crippen molar-refractivity contribution in [2.75, 3.05) is 0 Å². The van der Waals surface area contributed by atoms with Gasteiger partial charge in [0.1, 0.15) is 0 Å². The molecule has 2 aliphatic carbocycles. The summed E-state index contributed by atoms with van der Waals surface area (Å²) in [4.78, 5) is 13.9. The molecular formula is C19H24N4O. The van der Waals surface area contributed by atoms with Crippen LogP contribution in [-0.2, 0) is 11.2 Å². The number of benzene rings is 1. The topological polar surface area (TPSA) is 59.8 Å². The first-order chi connectivity index (χ1) is 11.7. The van der Waals surface area contributed by atoms with Crippen LogP contribution < -0.4 is 5.32 Å². The Balaban J connectivity index is 1.34. The number of para-hydroxylation sites is 1. The van der Waals surface area contributed by atoms with Gasteiger partial charge in [-0.2, -0.15) is 15.0 Å². The van der Waals surface area contributed by atoms with Gasteiger partial charge in [-0.25, -0.2) is 0 Å². The first-order valence-corrected chi connectivity index (χ1v) is 8.95. The predicted octanol–water partition coefficient (Wildman–Crippen LogP) is 2.75. The molecule has 2 aliphatic rings. The molecule has 0 aliphatic heterocycles. The van der Waals surface area contributed by atoms with Crippen molar-refractivity contribution in [1.82, 2.24) is 20.3 Å². The van der Waals surface area contributed by atoms with Gasteiger partial charge in [0.25, 0.3) is 0 Å². The summed E-state index contributed by atoms with van der Waals surface area (Å²) in [5.74, 6) is 2.44. The van der Waals surface area contributed by atoms with Gasteiger partial charge in [-0.1, -0.05) is 24.6 Å². The van der Waals surface area contributed by atoms with E-state index in [1.54, 1.807) is 11.0 Å². The number of carbonyl (C=O) groups excluding carboxylic acids is 1. The number of nitrogens with one attached hydrogen (secondary N) is 1. The Morgan fingerprint density at radius 3 is 2.83 bits per heavy atom. The van der Waals surface area contributed by atoms with Gasteiger partial charge in [0, 0.05) is 6.04 Å². The Hall–Kier alpha value is -2.17. The van der Waals surface area contributed by atoms with Gasteiger partial charge in [0.05, 0.1) is 24.0 Å². The number of hydrogen-bond acceptors (Lipinski definition) is 3. The molecule has 2 saturated carbocycles. The number of amides is 1. The van der Waals surface area contributed by atoms with Gasteiger partial charge in [-0.05, 0) is 56.1 Å². The molecule has 4 atom stereocenters. The number of rotatable bonds is 5. The van der Waals surface area contributed by atoms with E-state index in [9.17, 15) is 4.79 Å². The lowest BCUT2D eigenvalue weighted by molar-refractivity contribution is -0.121. The maximum Gasteiger partial charge on any atom is 0.226 e. The second-order valence-electron chi connectivity index (χ2n) is 7.33. The molecule has 2 aromatic rings. The summed E-state index contributed by atoms with van der Waals surface area (Å²) in [6.07, 6.45) is 7.37. The summed E-state index contributed by atoms with van der Waals surface area (Å²) in [5.41, 5.74) is 1.61. The van der Waals surface area contributed by atoms with E-state index in [2.05, 4.69) is 22.4 Å². The van der Waals surface area contributed by atoms with E-state index in [4.69, 9.17) is 0 Å². The molecule has 1 aromatic heterocycles. The molecule has 0 radical (unpaired) electrons. The number of carbonyl (C=O) groups is 1. The van der Waals surface area contributed by atoms with Gasteiger partial charge < -0.3 is 5.32 Å². The van der Waals surface area contributed by atoms with Gasteiger partial charge in [0.2, 0.25) is 5.91 Å². The fourth-order valence-electron chi connectivity index (χ4n) is 4.54. The van der Waals surface area contributed by atoms with Crippen LogP contribution in [0.4, 0.5) is 0 Å². The second-order valence-corrected chi connectivity index (χ2v) is 7.33. The summed E-state index contributed by atoms with van der Waals surface area (Å²) >= 11 is 0. The molecule has 1 amide bonds. The predicted molar refractivity (Wildman–Crippen MR) is 91.6 cm³/mol. The zero-order chi connectivity index (χ0) is 16.5. The van der Waals surface area contributed by atoms with E-state index in [0.717, 1.165) is 17.5 Å². The molecular weight excluding hydrogens is 300 g/mol. The molecule has 1 heterocycles. The van der Waals surface area contributed by atoms with Crippen LogP contribution in [0.2, 0.25) is 0 Å². The number of hydrogen-bond donors (Lipinski definition) is 1. The molecule has 5 heteroatoms. The van der Waals surface area contributed by atoms with Crippen molar-refractivity contribution in [3.05, 3.63) is 42.2 Å². The largest absolute Gasteiger partial charge is 0.353 e. The monoisotopic (exact) mass is 324 g/mol.